The maximum Gasteiger partial charge on any atom is 0.169 e. The van der Waals surface area contributed by atoms with Crippen LogP contribution in [0.2, 0.25) is 0 Å². The Kier molecular flexibility index (Phi) is 5.87. The maximum atomic E-state index is 12.4. The highest BCUT2D eigenvalue weighted by Crippen LogP contribution is 2.18. The Labute approximate surface area is 141 Å². The SMILES string of the molecule is Cc1ccc(C(=O)C2CN=C3C=CC=CN3C2)cc1.[O-][Cl+3]([O-])([O-])O. The summed E-state index contributed by atoms with van der Waals surface area (Å²) in [4.78, 5) is 19.0. The Balaban J connectivity index is 0.000000368. The number of carbonyl (C=O) groups excluding carboxylic acids is 1. The van der Waals surface area contributed by atoms with Gasteiger partial charge in [0.15, 0.2) is 5.78 Å². The molecule has 128 valence electrons. The van der Waals surface area contributed by atoms with Crippen molar-refractivity contribution in [2.45, 2.75) is 6.92 Å². The molecule has 1 aromatic rings. The van der Waals surface area contributed by atoms with Crippen LogP contribution in [0.3, 0.4) is 0 Å². The Hall–Kier alpha value is -2.03. The van der Waals surface area contributed by atoms with Crippen LogP contribution < -0.4 is 14.0 Å². The van der Waals surface area contributed by atoms with E-state index in [9.17, 15) is 4.79 Å². The summed E-state index contributed by atoms with van der Waals surface area (Å²) in [5.74, 6) is 1.09. The number of fused-ring (bicyclic) bond motifs is 1. The van der Waals surface area contributed by atoms with E-state index in [1.165, 1.54) is 5.56 Å². The average Bonchev–Trinajstić information content (AvgIpc) is 2.53. The van der Waals surface area contributed by atoms with E-state index >= 15 is 0 Å². The van der Waals surface area contributed by atoms with Crippen LogP contribution in [0.15, 0.2) is 53.7 Å². The second-order valence-corrected chi connectivity index (χ2v) is 6.17. The molecule has 1 N–H and O–H groups in total. The number of ketones is 1. The molecule has 0 aromatic heterocycles. The van der Waals surface area contributed by atoms with E-state index in [0.29, 0.717) is 13.1 Å². The van der Waals surface area contributed by atoms with Crippen molar-refractivity contribution in [3.63, 3.8) is 0 Å². The Morgan fingerprint density at radius 1 is 1.25 bits per heavy atom. The van der Waals surface area contributed by atoms with Crippen LogP contribution in [0.4, 0.5) is 0 Å². The van der Waals surface area contributed by atoms with Crippen molar-refractivity contribution in [1.82, 2.24) is 4.90 Å². The van der Waals surface area contributed by atoms with E-state index in [1.54, 1.807) is 0 Å². The molecule has 0 saturated carbocycles. The monoisotopic (exact) mass is 352 g/mol. The molecule has 0 spiro atoms. The van der Waals surface area contributed by atoms with Gasteiger partial charge in [-0.2, -0.15) is 14.0 Å². The molecule has 24 heavy (non-hydrogen) atoms. The largest absolute Gasteiger partial charge is 0.333 e. The summed E-state index contributed by atoms with van der Waals surface area (Å²) in [6.45, 7) is 3.32. The van der Waals surface area contributed by atoms with Crippen molar-refractivity contribution in [2.24, 2.45) is 10.9 Å². The number of nitrogens with zero attached hydrogens (tertiary/aromatic N) is 2. The van der Waals surface area contributed by atoms with Gasteiger partial charge in [-0.05, 0) is 19.1 Å². The van der Waals surface area contributed by atoms with Crippen molar-refractivity contribution in [1.29, 1.82) is 0 Å². The molecule has 2 heterocycles. The first-order chi connectivity index (χ1) is 11.2. The minimum absolute atomic E-state index is 0.0531. The summed E-state index contributed by atoms with van der Waals surface area (Å²) in [7, 11) is -4.69. The lowest BCUT2D eigenvalue weighted by atomic mass is 9.95. The minimum atomic E-state index is -4.69. The first-order valence-corrected chi connectivity index (χ1v) is 8.40. The lowest BCUT2D eigenvalue weighted by Crippen LogP contribution is -2.58. The summed E-state index contributed by atoms with van der Waals surface area (Å²) in [5.41, 5.74) is 1.95. The predicted octanol–water partition coefficient (Wildman–Crippen LogP) is -1.53. The molecular formula is C16H17ClN2O5. The van der Waals surface area contributed by atoms with Gasteiger partial charge in [-0.25, -0.2) is 0 Å². The second kappa shape index (κ2) is 7.69. The van der Waals surface area contributed by atoms with Crippen molar-refractivity contribution in [3.8, 4) is 0 Å². The molecule has 1 atom stereocenters. The van der Waals surface area contributed by atoms with E-state index in [1.807, 2.05) is 60.5 Å². The number of benzene rings is 1. The molecule has 1 unspecified atom stereocenters. The van der Waals surface area contributed by atoms with E-state index in [4.69, 9.17) is 18.6 Å². The van der Waals surface area contributed by atoms with Crippen LogP contribution in [-0.2, 0) is 0 Å². The Morgan fingerprint density at radius 3 is 2.50 bits per heavy atom. The van der Waals surface area contributed by atoms with Gasteiger partial charge in [-0.15, -0.1) is 0 Å². The summed E-state index contributed by atoms with van der Waals surface area (Å²) in [5, 5.41) is 0. The number of allylic oxidation sites excluding steroid dienone is 2. The first-order valence-electron chi connectivity index (χ1n) is 7.14. The molecule has 0 radical (unpaired) electrons. The van der Waals surface area contributed by atoms with E-state index < -0.39 is 10.2 Å². The van der Waals surface area contributed by atoms with Gasteiger partial charge in [-0.3, -0.25) is 9.79 Å². The number of amidine groups is 1. The summed E-state index contributed by atoms with van der Waals surface area (Å²) in [6.07, 6.45) is 7.90. The predicted molar refractivity (Wildman–Crippen MR) is 78.5 cm³/mol. The topological polar surface area (TPSA) is 122 Å². The molecule has 2 aliphatic heterocycles. The fraction of sp³-hybridized carbons (Fsp3) is 0.250. The fourth-order valence-electron chi connectivity index (χ4n) is 2.38. The van der Waals surface area contributed by atoms with Gasteiger partial charge < -0.3 is 4.90 Å². The van der Waals surface area contributed by atoms with Crippen LogP contribution in [0.1, 0.15) is 15.9 Å². The highest BCUT2D eigenvalue weighted by Gasteiger charge is 2.27. The zero-order valence-corrected chi connectivity index (χ0v) is 13.7. The molecule has 0 aliphatic carbocycles. The normalized spacial score (nSPS) is 19.1. The molecule has 1 aromatic carbocycles. The van der Waals surface area contributed by atoms with Crippen molar-refractivity contribution >= 4 is 11.6 Å². The second-order valence-electron chi connectivity index (χ2n) is 5.38. The van der Waals surface area contributed by atoms with Crippen molar-refractivity contribution in [3.05, 3.63) is 59.8 Å². The Bertz CT molecular complexity index is 671. The molecule has 2 aliphatic rings. The molecule has 8 heteroatoms. The molecular weight excluding hydrogens is 336 g/mol. The summed E-state index contributed by atoms with van der Waals surface area (Å²) >= 11 is 0. The number of Topliss-reactive ketones (excluding diaryl/α,β-unsaturated/α-hetero) is 1. The van der Waals surface area contributed by atoms with E-state index in [0.717, 1.165) is 11.4 Å². The highest BCUT2D eigenvalue weighted by atomic mass is 35.7. The van der Waals surface area contributed by atoms with Gasteiger partial charge in [0.25, 0.3) is 0 Å². The highest BCUT2D eigenvalue weighted by molar-refractivity contribution is 6.01. The van der Waals surface area contributed by atoms with Crippen molar-refractivity contribution < 1.29 is 33.7 Å². The number of hydrogen-bond acceptors (Lipinski definition) is 7. The zero-order chi connectivity index (χ0) is 17.7. The van der Waals surface area contributed by atoms with E-state index in [2.05, 4.69) is 4.99 Å². The molecule has 3 rings (SSSR count). The lowest BCUT2D eigenvalue weighted by Gasteiger charge is -2.30. The molecule has 7 nitrogen and oxygen atoms in total. The number of aliphatic imine (C=N–C) groups is 1. The van der Waals surface area contributed by atoms with Gasteiger partial charge in [0.05, 0.1) is 27.4 Å². The molecule has 0 amide bonds. The quantitative estimate of drug-likeness (QED) is 0.644. The molecule has 0 fully saturated rings. The number of halogens is 1. The smallest absolute Gasteiger partial charge is 0.169 e. The van der Waals surface area contributed by atoms with Crippen LogP contribution >= 0.6 is 0 Å². The molecule has 0 saturated heterocycles. The molecule has 0 bridgehead atoms. The third-order valence-electron chi connectivity index (χ3n) is 3.51. The third-order valence-corrected chi connectivity index (χ3v) is 3.51. The van der Waals surface area contributed by atoms with Gasteiger partial charge in [-0.1, -0.05) is 35.9 Å². The Morgan fingerprint density at radius 2 is 1.88 bits per heavy atom. The number of rotatable bonds is 2. The van der Waals surface area contributed by atoms with Crippen LogP contribution in [-0.4, -0.2) is 34.3 Å². The van der Waals surface area contributed by atoms with Gasteiger partial charge >= 0.3 is 0 Å². The number of aryl methyl sites for hydroxylation is 1. The van der Waals surface area contributed by atoms with Crippen LogP contribution in [0, 0.1) is 23.1 Å². The maximum absolute atomic E-state index is 12.4. The standard InChI is InChI=1S/C16H16N2O.ClHO4/c1-12-5-7-13(8-6-12)16(19)14-10-17-15-4-2-3-9-18(15)11-14;2-1(3,4)5/h2-9,14H,10-11H2,1H3;(H,2,3,4,5). The van der Waals surface area contributed by atoms with Crippen LogP contribution in [0.5, 0.6) is 0 Å². The van der Waals surface area contributed by atoms with Gasteiger partial charge in [0.1, 0.15) is 5.84 Å². The third kappa shape index (κ3) is 5.55. The van der Waals surface area contributed by atoms with E-state index in [-0.39, 0.29) is 11.7 Å². The lowest BCUT2D eigenvalue weighted by molar-refractivity contribution is -1.92. The minimum Gasteiger partial charge on any atom is -0.333 e. The zero-order valence-electron chi connectivity index (χ0n) is 13.0. The van der Waals surface area contributed by atoms with Crippen molar-refractivity contribution in [2.75, 3.05) is 13.1 Å². The number of hydrogen-bond donors (Lipinski definition) is 1. The van der Waals surface area contributed by atoms with Crippen LogP contribution in [0.25, 0.3) is 0 Å². The van der Waals surface area contributed by atoms with Gasteiger partial charge in [0, 0.05) is 18.3 Å². The fourth-order valence-corrected chi connectivity index (χ4v) is 2.38. The average molecular weight is 353 g/mol. The summed E-state index contributed by atoms with van der Waals surface area (Å²) in [6, 6.07) is 7.77. The number of carbonyl (C=O) groups is 1. The summed E-state index contributed by atoms with van der Waals surface area (Å²) < 4.78 is 32.7. The first kappa shape index (κ1) is 18.3. The van der Waals surface area contributed by atoms with Gasteiger partial charge in [0.2, 0.25) is 0 Å².